The molecule has 0 N–H and O–H groups in total. The van der Waals surface area contributed by atoms with Gasteiger partial charge in [0.25, 0.3) is 0 Å². The van der Waals surface area contributed by atoms with Crippen molar-refractivity contribution in [3.05, 3.63) is 10.4 Å². The van der Waals surface area contributed by atoms with Gasteiger partial charge in [-0.15, -0.1) is 0 Å². The van der Waals surface area contributed by atoms with Gasteiger partial charge in [-0.1, -0.05) is 5.11 Å². The molecule has 2 atom stereocenters. The van der Waals surface area contributed by atoms with Crippen LogP contribution in [-0.4, -0.2) is 31.5 Å². The molecule has 1 spiro atoms. The van der Waals surface area contributed by atoms with Gasteiger partial charge in [-0.3, -0.25) is 0 Å². The first-order valence-electron chi connectivity index (χ1n) is 4.61. The van der Waals surface area contributed by atoms with Crippen molar-refractivity contribution in [2.24, 2.45) is 5.11 Å². The van der Waals surface area contributed by atoms with E-state index in [9.17, 15) is 0 Å². The summed E-state index contributed by atoms with van der Waals surface area (Å²) < 4.78 is 11.0. The lowest BCUT2D eigenvalue weighted by Crippen LogP contribution is -2.41. The Labute approximate surface area is 76.6 Å². The zero-order valence-electron chi connectivity index (χ0n) is 7.48. The molecule has 0 aromatic carbocycles. The number of hydrogen-bond donors (Lipinski definition) is 0. The normalized spacial score (nSPS) is 38.9. The molecule has 0 aliphatic carbocycles. The molecule has 13 heavy (non-hydrogen) atoms. The molecule has 2 aliphatic heterocycles. The Morgan fingerprint density at radius 1 is 1.46 bits per heavy atom. The van der Waals surface area contributed by atoms with E-state index in [2.05, 4.69) is 10.0 Å². The number of ether oxygens (including phenoxy) is 2. The molecule has 0 aromatic rings. The maximum atomic E-state index is 8.34. The Hall–Kier alpha value is -0.770. The largest absolute Gasteiger partial charge is 0.378 e. The van der Waals surface area contributed by atoms with Gasteiger partial charge >= 0.3 is 0 Å². The standard InChI is InChI=1S/C8H13N3O2/c9-11-10-7-1-3-13-8(5-7)2-4-12-6-8/h7H,1-6H2. The smallest absolute Gasteiger partial charge is 0.0940 e. The van der Waals surface area contributed by atoms with Crippen LogP contribution in [0.25, 0.3) is 10.4 Å². The summed E-state index contributed by atoms with van der Waals surface area (Å²) in [6, 6.07) is 0.0976. The van der Waals surface area contributed by atoms with Gasteiger partial charge in [0.15, 0.2) is 0 Å². The van der Waals surface area contributed by atoms with Crippen molar-refractivity contribution in [2.75, 3.05) is 19.8 Å². The van der Waals surface area contributed by atoms with E-state index in [4.69, 9.17) is 15.0 Å². The molecule has 0 bridgehead atoms. The van der Waals surface area contributed by atoms with E-state index >= 15 is 0 Å². The predicted molar refractivity (Wildman–Crippen MR) is 46.3 cm³/mol. The van der Waals surface area contributed by atoms with E-state index in [-0.39, 0.29) is 11.6 Å². The third-order valence-corrected chi connectivity index (χ3v) is 2.75. The third-order valence-electron chi connectivity index (χ3n) is 2.75. The molecular formula is C8H13N3O2. The monoisotopic (exact) mass is 183 g/mol. The average molecular weight is 183 g/mol. The summed E-state index contributed by atoms with van der Waals surface area (Å²) in [5, 5.41) is 3.75. The van der Waals surface area contributed by atoms with Crippen LogP contribution in [0.2, 0.25) is 0 Å². The number of nitrogens with zero attached hydrogens (tertiary/aromatic N) is 3. The highest BCUT2D eigenvalue weighted by Gasteiger charge is 2.40. The second-order valence-corrected chi connectivity index (χ2v) is 3.69. The van der Waals surface area contributed by atoms with Crippen molar-refractivity contribution in [3.63, 3.8) is 0 Å². The van der Waals surface area contributed by atoms with Crippen LogP contribution in [0.1, 0.15) is 19.3 Å². The van der Waals surface area contributed by atoms with Crippen LogP contribution in [0.4, 0.5) is 0 Å². The third kappa shape index (κ3) is 1.77. The highest BCUT2D eigenvalue weighted by molar-refractivity contribution is 4.92. The predicted octanol–water partition coefficient (Wildman–Crippen LogP) is 1.63. The van der Waals surface area contributed by atoms with Gasteiger partial charge < -0.3 is 9.47 Å². The maximum absolute atomic E-state index is 8.34. The van der Waals surface area contributed by atoms with Gasteiger partial charge in [0.05, 0.1) is 12.2 Å². The fourth-order valence-electron chi connectivity index (χ4n) is 2.04. The highest BCUT2D eigenvalue weighted by atomic mass is 16.6. The van der Waals surface area contributed by atoms with Crippen LogP contribution in [0.15, 0.2) is 5.11 Å². The van der Waals surface area contributed by atoms with Gasteiger partial charge in [0.1, 0.15) is 0 Å². The van der Waals surface area contributed by atoms with E-state index in [1.54, 1.807) is 0 Å². The molecular weight excluding hydrogens is 170 g/mol. The Morgan fingerprint density at radius 2 is 2.38 bits per heavy atom. The van der Waals surface area contributed by atoms with Gasteiger partial charge in [0.2, 0.25) is 0 Å². The molecule has 2 heterocycles. The molecule has 0 radical (unpaired) electrons. The summed E-state index contributed by atoms with van der Waals surface area (Å²) in [6.07, 6.45) is 2.59. The Balaban J connectivity index is 2.02. The molecule has 5 heteroatoms. The summed E-state index contributed by atoms with van der Waals surface area (Å²) in [5.41, 5.74) is 8.19. The molecule has 5 nitrogen and oxygen atoms in total. The summed E-state index contributed by atoms with van der Waals surface area (Å²) in [5.74, 6) is 0. The molecule has 72 valence electrons. The Morgan fingerprint density at radius 3 is 3.08 bits per heavy atom. The van der Waals surface area contributed by atoms with E-state index in [1.165, 1.54) is 0 Å². The van der Waals surface area contributed by atoms with Crippen molar-refractivity contribution >= 4 is 0 Å². The minimum atomic E-state index is -0.142. The van der Waals surface area contributed by atoms with Crippen molar-refractivity contribution in [1.29, 1.82) is 0 Å². The van der Waals surface area contributed by atoms with Gasteiger partial charge in [-0.2, -0.15) is 0 Å². The minimum Gasteiger partial charge on any atom is -0.378 e. The minimum absolute atomic E-state index is 0.0976. The van der Waals surface area contributed by atoms with E-state index in [1.807, 2.05) is 0 Å². The first-order valence-corrected chi connectivity index (χ1v) is 4.61. The van der Waals surface area contributed by atoms with Crippen molar-refractivity contribution in [1.82, 2.24) is 0 Å². The molecule has 2 fully saturated rings. The van der Waals surface area contributed by atoms with Crippen molar-refractivity contribution < 1.29 is 9.47 Å². The summed E-state index contributed by atoms with van der Waals surface area (Å²) >= 11 is 0. The fourth-order valence-corrected chi connectivity index (χ4v) is 2.04. The Kier molecular flexibility index (Phi) is 2.40. The maximum Gasteiger partial charge on any atom is 0.0940 e. The number of rotatable bonds is 1. The lowest BCUT2D eigenvalue weighted by Gasteiger charge is -2.35. The van der Waals surface area contributed by atoms with Gasteiger partial charge in [0, 0.05) is 30.6 Å². The van der Waals surface area contributed by atoms with Crippen LogP contribution in [0, 0.1) is 0 Å². The van der Waals surface area contributed by atoms with Crippen LogP contribution in [0.3, 0.4) is 0 Å². The quantitative estimate of drug-likeness (QED) is 0.352. The number of hydrogen-bond acceptors (Lipinski definition) is 3. The zero-order valence-corrected chi connectivity index (χ0v) is 7.48. The topological polar surface area (TPSA) is 67.2 Å². The molecule has 2 saturated heterocycles. The van der Waals surface area contributed by atoms with Gasteiger partial charge in [-0.25, -0.2) is 0 Å². The SMILES string of the molecule is [N-]=[N+]=NC1CCOC2(CCOC2)C1. The van der Waals surface area contributed by atoms with E-state index in [0.717, 1.165) is 25.9 Å². The zero-order chi connectivity index (χ0) is 9.15. The summed E-state index contributed by atoms with van der Waals surface area (Å²) in [7, 11) is 0. The van der Waals surface area contributed by atoms with Crippen LogP contribution in [-0.2, 0) is 9.47 Å². The Bertz CT molecular complexity index is 232. The molecule has 2 rings (SSSR count). The highest BCUT2D eigenvalue weighted by Crippen LogP contribution is 2.33. The molecule has 0 saturated carbocycles. The van der Waals surface area contributed by atoms with Gasteiger partial charge in [-0.05, 0) is 18.4 Å². The number of azide groups is 1. The van der Waals surface area contributed by atoms with Crippen molar-refractivity contribution in [2.45, 2.75) is 30.9 Å². The van der Waals surface area contributed by atoms with E-state index in [0.29, 0.717) is 13.2 Å². The molecule has 2 aliphatic rings. The summed E-state index contributed by atoms with van der Waals surface area (Å²) in [4.78, 5) is 2.84. The van der Waals surface area contributed by atoms with Crippen LogP contribution in [0.5, 0.6) is 0 Å². The first-order chi connectivity index (χ1) is 6.35. The first kappa shape index (κ1) is 8.81. The second-order valence-electron chi connectivity index (χ2n) is 3.69. The summed E-state index contributed by atoms with van der Waals surface area (Å²) in [6.45, 7) is 2.11. The fraction of sp³-hybridized carbons (Fsp3) is 1.00. The average Bonchev–Trinajstić information content (AvgIpc) is 2.54. The molecule has 2 unspecified atom stereocenters. The lowest BCUT2D eigenvalue weighted by molar-refractivity contribution is -0.0850. The van der Waals surface area contributed by atoms with Crippen LogP contribution >= 0.6 is 0 Å². The molecule has 0 aromatic heterocycles. The van der Waals surface area contributed by atoms with E-state index < -0.39 is 0 Å². The second kappa shape index (κ2) is 3.54. The van der Waals surface area contributed by atoms with Crippen LogP contribution < -0.4 is 0 Å². The molecule has 0 amide bonds. The lowest BCUT2D eigenvalue weighted by atomic mass is 9.90. The van der Waals surface area contributed by atoms with Crippen molar-refractivity contribution in [3.8, 4) is 0 Å².